The molecule has 0 aromatic rings. The Kier molecular flexibility index (Phi) is 4.81. The normalized spacial score (nSPS) is 23.4. The van der Waals surface area contributed by atoms with Crippen LogP contribution in [0.15, 0.2) is 0 Å². The molecule has 1 atom stereocenters. The first-order chi connectivity index (χ1) is 6.66. The zero-order chi connectivity index (χ0) is 10.4. The van der Waals surface area contributed by atoms with Gasteiger partial charge in [0.2, 0.25) is 0 Å². The molecule has 0 amide bonds. The molecule has 0 spiro atoms. The van der Waals surface area contributed by atoms with Crippen LogP contribution in [0.1, 0.15) is 19.8 Å². The zero-order valence-corrected chi connectivity index (χ0v) is 8.83. The molecule has 1 fully saturated rings. The van der Waals surface area contributed by atoms with Crippen LogP contribution in [0.5, 0.6) is 0 Å². The van der Waals surface area contributed by atoms with Gasteiger partial charge in [0.05, 0.1) is 5.60 Å². The molecule has 84 valence electrons. The minimum atomic E-state index is -0.604. The van der Waals surface area contributed by atoms with Gasteiger partial charge in [0.25, 0.3) is 0 Å². The van der Waals surface area contributed by atoms with Gasteiger partial charge in [0.15, 0.2) is 0 Å². The average molecular weight is 203 g/mol. The first kappa shape index (κ1) is 11.9. The highest BCUT2D eigenvalue weighted by Crippen LogP contribution is 2.19. The lowest BCUT2D eigenvalue weighted by molar-refractivity contribution is -0.0619. The van der Waals surface area contributed by atoms with Crippen LogP contribution in [0.4, 0.5) is 0 Å². The van der Waals surface area contributed by atoms with Crippen molar-refractivity contribution in [3.63, 3.8) is 0 Å². The molecule has 0 saturated carbocycles. The quantitative estimate of drug-likeness (QED) is 0.576. The van der Waals surface area contributed by atoms with Crippen LogP contribution in [-0.4, -0.2) is 48.7 Å². The zero-order valence-electron chi connectivity index (χ0n) is 8.83. The lowest BCUT2D eigenvalue weighted by atomic mass is 9.94. The van der Waals surface area contributed by atoms with Gasteiger partial charge in [0, 0.05) is 39.2 Å². The van der Waals surface area contributed by atoms with E-state index >= 15 is 0 Å². The fraction of sp³-hybridized carbons (Fsp3) is 1.00. The lowest BCUT2D eigenvalue weighted by Crippen LogP contribution is -2.46. The summed E-state index contributed by atoms with van der Waals surface area (Å²) < 4.78 is 5.19. The van der Waals surface area contributed by atoms with Gasteiger partial charge in [-0.25, -0.2) is 0 Å². The molecule has 0 aliphatic carbocycles. The molecule has 0 aromatic carbocycles. The van der Waals surface area contributed by atoms with Crippen molar-refractivity contribution in [2.45, 2.75) is 25.4 Å². The largest absolute Gasteiger partial charge is 0.396 e. The van der Waals surface area contributed by atoms with Gasteiger partial charge in [-0.1, -0.05) is 6.92 Å². The maximum atomic E-state index is 10.1. The van der Waals surface area contributed by atoms with E-state index in [9.17, 15) is 5.11 Å². The van der Waals surface area contributed by atoms with Crippen molar-refractivity contribution in [2.75, 3.05) is 32.9 Å². The van der Waals surface area contributed by atoms with Crippen molar-refractivity contribution in [1.29, 1.82) is 0 Å². The van der Waals surface area contributed by atoms with Gasteiger partial charge in [0.1, 0.15) is 0 Å². The third kappa shape index (κ3) is 3.92. The van der Waals surface area contributed by atoms with Crippen molar-refractivity contribution in [3.8, 4) is 0 Å². The third-order valence-electron chi connectivity index (χ3n) is 2.68. The Labute approximate surface area is 85.3 Å². The van der Waals surface area contributed by atoms with E-state index in [1.54, 1.807) is 0 Å². The minimum absolute atomic E-state index is 0.189. The molecule has 4 nitrogen and oxygen atoms in total. The summed E-state index contributed by atoms with van der Waals surface area (Å²) in [5, 5.41) is 22.0. The third-order valence-corrected chi connectivity index (χ3v) is 2.68. The smallest absolute Gasteiger partial charge is 0.0815 e. The summed E-state index contributed by atoms with van der Waals surface area (Å²) in [6.45, 7) is 4.80. The monoisotopic (exact) mass is 203 g/mol. The summed E-state index contributed by atoms with van der Waals surface area (Å²) in [6, 6.07) is 0. The number of rotatable bonds is 5. The summed E-state index contributed by atoms with van der Waals surface area (Å²) in [7, 11) is 0. The molecule has 1 rings (SSSR count). The number of aliphatic hydroxyl groups excluding tert-OH is 1. The molecule has 4 heteroatoms. The Bertz CT molecular complexity index is 157. The summed E-state index contributed by atoms with van der Waals surface area (Å²) >= 11 is 0. The van der Waals surface area contributed by atoms with Gasteiger partial charge >= 0.3 is 0 Å². The summed E-state index contributed by atoms with van der Waals surface area (Å²) in [5.74, 6) is 0.249. The average Bonchev–Trinajstić information content (AvgIpc) is 2.18. The molecule has 1 heterocycles. The molecular weight excluding hydrogens is 182 g/mol. The fourth-order valence-corrected chi connectivity index (χ4v) is 1.54. The van der Waals surface area contributed by atoms with E-state index in [2.05, 4.69) is 5.32 Å². The van der Waals surface area contributed by atoms with E-state index in [1.165, 1.54) is 0 Å². The summed E-state index contributed by atoms with van der Waals surface area (Å²) in [4.78, 5) is 0. The Morgan fingerprint density at radius 1 is 1.43 bits per heavy atom. The van der Waals surface area contributed by atoms with Crippen LogP contribution in [0.2, 0.25) is 0 Å². The van der Waals surface area contributed by atoms with E-state index in [4.69, 9.17) is 9.84 Å². The van der Waals surface area contributed by atoms with Gasteiger partial charge < -0.3 is 20.3 Å². The summed E-state index contributed by atoms with van der Waals surface area (Å²) in [6.07, 6.45) is 1.40. The number of ether oxygens (including phenoxy) is 1. The molecule has 1 unspecified atom stereocenters. The van der Waals surface area contributed by atoms with Gasteiger partial charge in [-0.3, -0.25) is 0 Å². The van der Waals surface area contributed by atoms with Gasteiger partial charge in [-0.2, -0.15) is 0 Å². The Hall–Kier alpha value is -0.160. The predicted octanol–water partition coefficient (Wildman–Crippen LogP) is -0.254. The first-order valence-electron chi connectivity index (χ1n) is 5.28. The maximum Gasteiger partial charge on any atom is 0.0815 e. The number of hydrogen-bond donors (Lipinski definition) is 3. The van der Waals surface area contributed by atoms with E-state index in [0.717, 1.165) is 6.54 Å². The van der Waals surface area contributed by atoms with Gasteiger partial charge in [-0.05, 0) is 12.5 Å². The Morgan fingerprint density at radius 2 is 2.07 bits per heavy atom. The second kappa shape index (κ2) is 5.66. The van der Waals surface area contributed by atoms with Gasteiger partial charge in [-0.15, -0.1) is 0 Å². The standard InChI is InChI=1S/C10H21NO3/c1-9(7-12)6-11-8-10(13)2-4-14-5-3-10/h9,11-13H,2-8H2,1H3. The molecule has 0 radical (unpaired) electrons. The topological polar surface area (TPSA) is 61.7 Å². The highest BCUT2D eigenvalue weighted by Gasteiger charge is 2.29. The van der Waals surface area contributed by atoms with Crippen molar-refractivity contribution < 1.29 is 14.9 Å². The first-order valence-corrected chi connectivity index (χ1v) is 5.28. The van der Waals surface area contributed by atoms with Crippen LogP contribution in [0.25, 0.3) is 0 Å². The molecule has 1 saturated heterocycles. The molecular formula is C10H21NO3. The number of hydrogen-bond acceptors (Lipinski definition) is 4. The van der Waals surface area contributed by atoms with E-state index < -0.39 is 5.60 Å². The van der Waals surface area contributed by atoms with Crippen molar-refractivity contribution in [2.24, 2.45) is 5.92 Å². The van der Waals surface area contributed by atoms with Crippen molar-refractivity contribution in [1.82, 2.24) is 5.32 Å². The van der Waals surface area contributed by atoms with Crippen LogP contribution in [0, 0.1) is 5.92 Å². The highest BCUT2D eigenvalue weighted by molar-refractivity contribution is 4.83. The Morgan fingerprint density at radius 3 is 2.64 bits per heavy atom. The van der Waals surface area contributed by atoms with Crippen molar-refractivity contribution >= 4 is 0 Å². The van der Waals surface area contributed by atoms with Crippen LogP contribution >= 0.6 is 0 Å². The van der Waals surface area contributed by atoms with E-state index in [0.29, 0.717) is 32.6 Å². The number of nitrogens with one attached hydrogen (secondary N) is 1. The second-order valence-electron chi connectivity index (χ2n) is 4.26. The molecule has 0 bridgehead atoms. The molecule has 3 N–H and O–H groups in total. The van der Waals surface area contributed by atoms with Crippen LogP contribution < -0.4 is 5.32 Å². The molecule has 1 aliphatic rings. The van der Waals surface area contributed by atoms with Crippen LogP contribution in [0.3, 0.4) is 0 Å². The minimum Gasteiger partial charge on any atom is -0.396 e. The van der Waals surface area contributed by atoms with Crippen LogP contribution in [-0.2, 0) is 4.74 Å². The maximum absolute atomic E-state index is 10.1. The highest BCUT2D eigenvalue weighted by atomic mass is 16.5. The predicted molar refractivity (Wildman–Crippen MR) is 54.1 cm³/mol. The summed E-state index contributed by atoms with van der Waals surface area (Å²) in [5.41, 5.74) is -0.604. The number of aliphatic hydroxyl groups is 2. The van der Waals surface area contributed by atoms with E-state index in [1.807, 2.05) is 6.92 Å². The van der Waals surface area contributed by atoms with E-state index in [-0.39, 0.29) is 12.5 Å². The Balaban J connectivity index is 2.15. The molecule has 0 aromatic heterocycles. The molecule has 14 heavy (non-hydrogen) atoms. The van der Waals surface area contributed by atoms with Crippen molar-refractivity contribution in [3.05, 3.63) is 0 Å². The second-order valence-corrected chi connectivity index (χ2v) is 4.26. The fourth-order valence-electron chi connectivity index (χ4n) is 1.54. The lowest BCUT2D eigenvalue weighted by Gasteiger charge is -2.32. The SMILES string of the molecule is CC(CO)CNCC1(O)CCOCC1. The molecule has 1 aliphatic heterocycles.